The molecule has 0 bridgehead atoms. The highest BCUT2D eigenvalue weighted by molar-refractivity contribution is 5.53. The summed E-state index contributed by atoms with van der Waals surface area (Å²) < 4.78 is 15.7. The van der Waals surface area contributed by atoms with Gasteiger partial charge in [0.1, 0.15) is 0 Å². The van der Waals surface area contributed by atoms with E-state index in [1.807, 2.05) is 12.1 Å². The van der Waals surface area contributed by atoms with Crippen molar-refractivity contribution in [2.75, 3.05) is 34.5 Å². The fourth-order valence-corrected chi connectivity index (χ4v) is 1.69. The molecule has 0 aliphatic heterocycles. The molecule has 0 unspecified atom stereocenters. The molecule has 0 saturated carbocycles. The third-order valence-electron chi connectivity index (χ3n) is 2.76. The van der Waals surface area contributed by atoms with Crippen LogP contribution in [0.4, 0.5) is 0 Å². The molecule has 1 aromatic carbocycles. The first kappa shape index (κ1) is 15.6. The van der Waals surface area contributed by atoms with Crippen LogP contribution >= 0.6 is 0 Å². The predicted octanol–water partition coefficient (Wildman–Crippen LogP) is 0.155. The van der Waals surface area contributed by atoms with Crippen molar-refractivity contribution in [2.24, 2.45) is 0 Å². The van der Waals surface area contributed by atoms with Gasteiger partial charge in [-0.1, -0.05) is 0 Å². The van der Waals surface area contributed by atoms with E-state index in [4.69, 9.17) is 24.4 Å². The summed E-state index contributed by atoms with van der Waals surface area (Å²) >= 11 is 0. The number of aliphatic hydroxyl groups excluding tert-OH is 2. The Morgan fingerprint density at radius 2 is 1.53 bits per heavy atom. The molecule has 3 N–H and O–H groups in total. The average molecular weight is 271 g/mol. The van der Waals surface area contributed by atoms with E-state index >= 15 is 0 Å². The Labute approximate surface area is 112 Å². The maximum Gasteiger partial charge on any atom is 0.203 e. The second kappa shape index (κ2) is 7.83. The minimum atomic E-state index is -0.348. The molecule has 6 heteroatoms. The van der Waals surface area contributed by atoms with Crippen LogP contribution in [0.1, 0.15) is 5.56 Å². The maximum absolute atomic E-state index is 9.00. The lowest BCUT2D eigenvalue weighted by atomic mass is 10.1. The van der Waals surface area contributed by atoms with Gasteiger partial charge in [-0.25, -0.2) is 0 Å². The molecule has 0 fully saturated rings. The summed E-state index contributed by atoms with van der Waals surface area (Å²) in [7, 11) is 4.66. The zero-order chi connectivity index (χ0) is 14.3. The first-order valence-corrected chi connectivity index (χ1v) is 5.94. The Morgan fingerprint density at radius 1 is 1.00 bits per heavy atom. The van der Waals surface area contributed by atoms with E-state index in [9.17, 15) is 0 Å². The van der Waals surface area contributed by atoms with Crippen LogP contribution in [0, 0.1) is 0 Å². The molecular weight excluding hydrogens is 250 g/mol. The van der Waals surface area contributed by atoms with E-state index in [1.54, 1.807) is 21.3 Å². The lowest BCUT2D eigenvalue weighted by molar-refractivity contribution is 0.170. The second-order valence-corrected chi connectivity index (χ2v) is 3.98. The number of rotatable bonds is 8. The van der Waals surface area contributed by atoms with E-state index in [1.165, 1.54) is 0 Å². The van der Waals surface area contributed by atoms with Crippen LogP contribution in [0.25, 0.3) is 0 Å². The Balaban J connectivity index is 2.90. The van der Waals surface area contributed by atoms with Crippen molar-refractivity contribution in [1.82, 2.24) is 5.32 Å². The molecular formula is C13H21NO5. The molecule has 0 atom stereocenters. The Hall–Kier alpha value is -1.50. The minimum absolute atomic E-state index is 0.124. The fraction of sp³-hybridized carbons (Fsp3) is 0.538. The van der Waals surface area contributed by atoms with Gasteiger partial charge in [0, 0.05) is 6.54 Å². The number of aliphatic hydroxyl groups is 2. The van der Waals surface area contributed by atoms with E-state index in [0.29, 0.717) is 23.8 Å². The molecule has 0 radical (unpaired) electrons. The highest BCUT2D eigenvalue weighted by atomic mass is 16.5. The van der Waals surface area contributed by atoms with Gasteiger partial charge in [-0.2, -0.15) is 0 Å². The van der Waals surface area contributed by atoms with E-state index in [0.717, 1.165) is 5.56 Å². The molecule has 0 aromatic heterocycles. The molecule has 1 rings (SSSR count). The van der Waals surface area contributed by atoms with Gasteiger partial charge in [-0.05, 0) is 17.7 Å². The van der Waals surface area contributed by atoms with Crippen molar-refractivity contribution in [3.63, 3.8) is 0 Å². The molecule has 6 nitrogen and oxygen atoms in total. The lowest BCUT2D eigenvalue weighted by Crippen LogP contribution is -2.35. The highest BCUT2D eigenvalue weighted by Gasteiger charge is 2.13. The number of benzene rings is 1. The summed E-state index contributed by atoms with van der Waals surface area (Å²) in [5, 5.41) is 21.0. The Kier molecular flexibility index (Phi) is 6.41. The summed E-state index contributed by atoms with van der Waals surface area (Å²) in [6, 6.07) is 3.29. The van der Waals surface area contributed by atoms with E-state index < -0.39 is 0 Å². The summed E-state index contributed by atoms with van der Waals surface area (Å²) in [5.74, 6) is 1.68. The largest absolute Gasteiger partial charge is 0.493 e. The quantitative estimate of drug-likeness (QED) is 0.625. The van der Waals surface area contributed by atoms with Crippen molar-refractivity contribution >= 4 is 0 Å². The third kappa shape index (κ3) is 3.99. The van der Waals surface area contributed by atoms with Gasteiger partial charge in [0.05, 0.1) is 40.6 Å². The van der Waals surface area contributed by atoms with Gasteiger partial charge in [-0.3, -0.25) is 0 Å². The second-order valence-electron chi connectivity index (χ2n) is 3.98. The highest BCUT2D eigenvalue weighted by Crippen LogP contribution is 2.38. The molecule has 1 aromatic rings. The number of nitrogens with one attached hydrogen (secondary N) is 1. The molecule has 0 saturated heterocycles. The van der Waals surface area contributed by atoms with Crippen LogP contribution < -0.4 is 19.5 Å². The zero-order valence-electron chi connectivity index (χ0n) is 11.5. The van der Waals surface area contributed by atoms with Crippen molar-refractivity contribution in [2.45, 2.75) is 12.6 Å². The lowest BCUT2D eigenvalue weighted by Gasteiger charge is -2.16. The first-order valence-electron chi connectivity index (χ1n) is 5.94. The van der Waals surface area contributed by atoms with Crippen LogP contribution in [0.15, 0.2) is 12.1 Å². The normalized spacial score (nSPS) is 10.6. The van der Waals surface area contributed by atoms with Crippen molar-refractivity contribution < 1.29 is 24.4 Å². The van der Waals surface area contributed by atoms with Gasteiger partial charge >= 0.3 is 0 Å². The van der Waals surface area contributed by atoms with Crippen LogP contribution in [-0.2, 0) is 6.54 Å². The third-order valence-corrected chi connectivity index (χ3v) is 2.76. The number of ether oxygens (including phenoxy) is 3. The van der Waals surface area contributed by atoms with Crippen LogP contribution in [0.3, 0.4) is 0 Å². The standard InChI is InChI=1S/C13H21NO5/c1-17-11-4-9(6-14-10(7-15)8-16)5-12(18-2)13(11)19-3/h4-5,10,14-16H,6-8H2,1-3H3. The minimum Gasteiger partial charge on any atom is -0.493 e. The smallest absolute Gasteiger partial charge is 0.203 e. The monoisotopic (exact) mass is 271 g/mol. The molecule has 0 aliphatic carbocycles. The topological polar surface area (TPSA) is 80.2 Å². The fourth-order valence-electron chi connectivity index (χ4n) is 1.69. The van der Waals surface area contributed by atoms with Gasteiger partial charge in [0.25, 0.3) is 0 Å². The summed E-state index contributed by atoms with van der Waals surface area (Å²) in [6.45, 7) is 0.227. The van der Waals surface area contributed by atoms with E-state index in [2.05, 4.69) is 5.32 Å². The Bertz CT molecular complexity index is 368. The molecule has 108 valence electrons. The Morgan fingerprint density at radius 3 is 1.89 bits per heavy atom. The van der Waals surface area contributed by atoms with Crippen LogP contribution in [-0.4, -0.2) is 50.8 Å². The van der Waals surface area contributed by atoms with Gasteiger partial charge in [-0.15, -0.1) is 0 Å². The average Bonchev–Trinajstić information content (AvgIpc) is 2.46. The summed E-state index contributed by atoms with van der Waals surface area (Å²) in [4.78, 5) is 0. The predicted molar refractivity (Wildman–Crippen MR) is 70.9 cm³/mol. The number of methoxy groups -OCH3 is 3. The maximum atomic E-state index is 9.00. The molecule has 19 heavy (non-hydrogen) atoms. The molecule has 0 spiro atoms. The first-order chi connectivity index (χ1) is 9.19. The van der Waals surface area contributed by atoms with E-state index in [-0.39, 0.29) is 19.3 Å². The zero-order valence-corrected chi connectivity index (χ0v) is 11.5. The SMILES string of the molecule is COc1cc(CNC(CO)CO)cc(OC)c1OC. The number of hydrogen-bond acceptors (Lipinski definition) is 6. The van der Waals surface area contributed by atoms with Gasteiger partial charge in [0.2, 0.25) is 5.75 Å². The van der Waals surface area contributed by atoms with Crippen LogP contribution in [0.5, 0.6) is 17.2 Å². The van der Waals surface area contributed by atoms with Crippen molar-refractivity contribution in [3.8, 4) is 17.2 Å². The molecule has 0 aliphatic rings. The van der Waals surface area contributed by atoms with Gasteiger partial charge < -0.3 is 29.7 Å². The van der Waals surface area contributed by atoms with Gasteiger partial charge in [0.15, 0.2) is 11.5 Å². The number of hydrogen-bond donors (Lipinski definition) is 3. The van der Waals surface area contributed by atoms with Crippen molar-refractivity contribution in [3.05, 3.63) is 17.7 Å². The van der Waals surface area contributed by atoms with Crippen molar-refractivity contribution in [1.29, 1.82) is 0 Å². The summed E-state index contributed by atoms with van der Waals surface area (Å²) in [6.07, 6.45) is 0. The van der Waals surface area contributed by atoms with Crippen LogP contribution in [0.2, 0.25) is 0 Å². The molecule has 0 amide bonds. The molecule has 0 heterocycles. The summed E-state index contributed by atoms with van der Waals surface area (Å²) in [5.41, 5.74) is 0.904.